The predicted octanol–water partition coefficient (Wildman–Crippen LogP) is 5.43. The number of nitrogens with zero attached hydrogens (tertiary/aromatic N) is 7. The van der Waals surface area contributed by atoms with Gasteiger partial charge < -0.3 is 24.1 Å². The van der Waals surface area contributed by atoms with Crippen LogP contribution in [0.4, 0.5) is 10.2 Å². The minimum atomic E-state index is -0.462. The van der Waals surface area contributed by atoms with E-state index in [2.05, 4.69) is 39.9 Å². The number of likely N-dealkylation sites (N-methyl/N-ethyl adjacent to an activating group) is 1. The van der Waals surface area contributed by atoms with E-state index in [9.17, 15) is 4.79 Å². The Morgan fingerprint density at radius 2 is 2.02 bits per heavy atom. The number of anilines is 1. The molecule has 2 aromatic heterocycles. The monoisotopic (exact) mass is 571 g/mol. The molecule has 2 aromatic carbocycles. The normalized spacial score (nSPS) is 19.5. The second-order valence-corrected chi connectivity index (χ2v) is 11.4. The van der Waals surface area contributed by atoms with E-state index in [0.717, 1.165) is 18.6 Å². The van der Waals surface area contributed by atoms with Gasteiger partial charge in [-0.25, -0.2) is 20.9 Å². The van der Waals surface area contributed by atoms with Gasteiger partial charge in [0.1, 0.15) is 17.1 Å². The Balaban J connectivity index is 1.53. The van der Waals surface area contributed by atoms with Gasteiger partial charge in [0.15, 0.2) is 11.6 Å². The summed E-state index contributed by atoms with van der Waals surface area (Å²) in [4.78, 5) is 31.9. The molecule has 2 atom stereocenters. The van der Waals surface area contributed by atoms with Crippen LogP contribution >= 0.6 is 11.6 Å². The highest BCUT2D eigenvalue weighted by Crippen LogP contribution is 2.42. The van der Waals surface area contributed by atoms with Crippen LogP contribution in [0.1, 0.15) is 18.9 Å². The number of hydrogen-bond donors (Lipinski definition) is 0. The first-order valence-electron chi connectivity index (χ1n) is 13.7. The average Bonchev–Trinajstić information content (AvgIpc) is 3.39. The molecule has 0 spiro atoms. The smallest absolute Gasteiger partial charge is 0.246 e. The van der Waals surface area contributed by atoms with Crippen LogP contribution < -0.4 is 4.90 Å². The van der Waals surface area contributed by atoms with Crippen LogP contribution in [-0.2, 0) is 4.79 Å². The molecule has 2 saturated heterocycles. The van der Waals surface area contributed by atoms with E-state index in [1.54, 1.807) is 17.3 Å². The van der Waals surface area contributed by atoms with Crippen molar-refractivity contribution in [2.24, 2.45) is 0 Å². The molecule has 2 fully saturated rings. The molecule has 0 bridgehead atoms. The van der Waals surface area contributed by atoms with Gasteiger partial charge in [-0.3, -0.25) is 4.79 Å². The van der Waals surface area contributed by atoms with Gasteiger partial charge in [-0.15, -0.1) is 0 Å². The first-order chi connectivity index (χ1) is 19.8. The van der Waals surface area contributed by atoms with Crippen LogP contribution in [0.5, 0.6) is 0 Å². The summed E-state index contributed by atoms with van der Waals surface area (Å²) in [6.45, 7) is 13.3. The highest BCUT2D eigenvalue weighted by molar-refractivity contribution is 6.34. The number of carbonyl (C=O) groups is 1. The van der Waals surface area contributed by atoms with Crippen molar-refractivity contribution < 1.29 is 9.18 Å². The third kappa shape index (κ3) is 4.61. The summed E-state index contributed by atoms with van der Waals surface area (Å²) >= 11 is 6.78. The molecule has 0 N–H and O–H groups in total. The summed E-state index contributed by atoms with van der Waals surface area (Å²) in [7, 11) is 4.11. The van der Waals surface area contributed by atoms with Crippen LogP contribution in [0.25, 0.3) is 37.9 Å². The number of fused-ring (bicyclic) bond motifs is 3. The number of likely N-dealkylation sites (tertiary alicyclic amines) is 1. The maximum atomic E-state index is 16.4. The molecule has 4 heterocycles. The molecular formula is C31H31ClFN7O. The van der Waals surface area contributed by atoms with Crippen molar-refractivity contribution in [1.29, 1.82) is 0 Å². The minimum Gasteiger partial charge on any atom is -0.351 e. The first kappa shape index (κ1) is 27.2. The third-order valence-electron chi connectivity index (χ3n) is 8.47. The summed E-state index contributed by atoms with van der Waals surface area (Å²) in [5.41, 5.74) is 2.74. The molecule has 1 amide bonds. The molecule has 4 aromatic rings. The van der Waals surface area contributed by atoms with Crippen molar-refractivity contribution in [3.05, 3.63) is 77.6 Å². The lowest BCUT2D eigenvalue weighted by Crippen LogP contribution is -2.57. The zero-order valence-electron chi connectivity index (χ0n) is 23.1. The topological polar surface area (TPSA) is 61.9 Å². The highest BCUT2D eigenvalue weighted by Gasteiger charge is 2.36. The van der Waals surface area contributed by atoms with Gasteiger partial charge in [0.25, 0.3) is 0 Å². The van der Waals surface area contributed by atoms with Crippen LogP contribution in [0, 0.1) is 12.4 Å². The molecule has 0 radical (unpaired) electrons. The van der Waals surface area contributed by atoms with Crippen LogP contribution in [-0.4, -0.2) is 82.6 Å². The van der Waals surface area contributed by atoms with Crippen molar-refractivity contribution in [3.8, 4) is 11.1 Å². The SMILES string of the molecule is [C-]#[N+]C[C@@H]1C[C@@H](n2cnc3c(N4CC(N(C)C)C4)nc4c(F)c(-c5ccccc5)c(Cl)cc4c32)CCN1C(=O)C=C. The summed E-state index contributed by atoms with van der Waals surface area (Å²) in [5.74, 6) is 0.0261. The molecule has 0 unspecified atom stereocenters. The van der Waals surface area contributed by atoms with Crippen LogP contribution in [0.3, 0.4) is 0 Å². The van der Waals surface area contributed by atoms with E-state index < -0.39 is 5.82 Å². The third-order valence-corrected chi connectivity index (χ3v) is 8.76. The van der Waals surface area contributed by atoms with Gasteiger partial charge >= 0.3 is 0 Å². The fraction of sp³-hybridized carbons (Fsp3) is 0.355. The predicted molar refractivity (Wildman–Crippen MR) is 161 cm³/mol. The number of halogens is 2. The Hall–Kier alpha value is -4.00. The number of benzene rings is 2. The zero-order valence-corrected chi connectivity index (χ0v) is 23.9. The fourth-order valence-electron chi connectivity index (χ4n) is 6.14. The number of aromatic nitrogens is 3. The van der Waals surface area contributed by atoms with E-state index in [1.165, 1.54) is 6.08 Å². The van der Waals surface area contributed by atoms with Gasteiger partial charge in [0.05, 0.1) is 16.9 Å². The molecule has 0 saturated carbocycles. The summed E-state index contributed by atoms with van der Waals surface area (Å²) in [6, 6.07) is 11.2. The van der Waals surface area contributed by atoms with E-state index in [1.807, 2.05) is 30.3 Å². The van der Waals surface area contributed by atoms with Crippen molar-refractivity contribution in [3.63, 3.8) is 0 Å². The van der Waals surface area contributed by atoms with E-state index in [-0.39, 0.29) is 30.1 Å². The second kappa shape index (κ2) is 10.8. The second-order valence-electron chi connectivity index (χ2n) is 11.0. The Morgan fingerprint density at radius 1 is 1.27 bits per heavy atom. The standard InChI is InChI=1S/C31H31ClFN7O/c1-5-25(41)39-12-11-20(13-21(39)15-34-2)40-18-35-29-30(40)23-14-24(32)26(19-9-7-6-8-10-19)27(33)28(23)36-31(29)38-16-22(17-38)37(3)4/h5-10,14,18,20-22H,1,11-13,15-17H2,3-4H3/t20-,21-/m0/s1. The number of hydrogen-bond acceptors (Lipinski definition) is 5. The lowest BCUT2D eigenvalue weighted by Gasteiger charge is -2.43. The Morgan fingerprint density at radius 3 is 2.71 bits per heavy atom. The number of carbonyl (C=O) groups excluding carboxylic acids is 1. The number of pyridine rings is 1. The lowest BCUT2D eigenvalue weighted by molar-refractivity contribution is -0.129. The van der Waals surface area contributed by atoms with Crippen molar-refractivity contribution in [1.82, 2.24) is 24.3 Å². The van der Waals surface area contributed by atoms with Gasteiger partial charge in [0.2, 0.25) is 12.5 Å². The van der Waals surface area contributed by atoms with Crippen molar-refractivity contribution in [2.75, 3.05) is 45.2 Å². The van der Waals surface area contributed by atoms with Crippen molar-refractivity contribution >= 4 is 45.3 Å². The number of imidazole rings is 1. The molecule has 0 aliphatic carbocycles. The number of piperidine rings is 1. The number of rotatable bonds is 6. The quantitative estimate of drug-likeness (QED) is 0.228. The van der Waals surface area contributed by atoms with Gasteiger partial charge in [-0.2, -0.15) is 0 Å². The van der Waals surface area contributed by atoms with E-state index in [4.69, 9.17) is 28.1 Å². The molecule has 6 rings (SSSR count). The van der Waals surface area contributed by atoms with Crippen LogP contribution in [0.15, 0.2) is 55.4 Å². The van der Waals surface area contributed by atoms with Gasteiger partial charge in [-0.1, -0.05) is 48.5 Å². The highest BCUT2D eigenvalue weighted by atomic mass is 35.5. The Labute approximate surface area is 243 Å². The van der Waals surface area contributed by atoms with Gasteiger partial charge in [-0.05, 0) is 44.6 Å². The fourth-order valence-corrected chi connectivity index (χ4v) is 6.44. The van der Waals surface area contributed by atoms with E-state index in [0.29, 0.717) is 58.3 Å². The molecular weight excluding hydrogens is 541 g/mol. The van der Waals surface area contributed by atoms with E-state index >= 15 is 4.39 Å². The van der Waals surface area contributed by atoms with Crippen LogP contribution in [0.2, 0.25) is 5.02 Å². The van der Waals surface area contributed by atoms with Crippen molar-refractivity contribution in [2.45, 2.75) is 31.0 Å². The lowest BCUT2D eigenvalue weighted by atomic mass is 9.96. The average molecular weight is 572 g/mol. The number of amides is 1. The largest absolute Gasteiger partial charge is 0.351 e. The molecule has 2 aliphatic rings. The Bertz CT molecular complexity index is 1690. The molecule has 2 aliphatic heterocycles. The van der Waals surface area contributed by atoms with Gasteiger partial charge in [0, 0.05) is 42.7 Å². The zero-order chi connectivity index (χ0) is 28.8. The minimum absolute atomic E-state index is 0.0411. The summed E-state index contributed by atoms with van der Waals surface area (Å²) in [5, 5.41) is 0.901. The molecule has 8 nitrogen and oxygen atoms in total. The first-order valence-corrected chi connectivity index (χ1v) is 14.1. The molecule has 210 valence electrons. The molecule has 10 heteroatoms. The Kier molecular flexibility index (Phi) is 7.14. The summed E-state index contributed by atoms with van der Waals surface area (Å²) < 4.78 is 18.5. The maximum absolute atomic E-state index is 16.4. The molecule has 41 heavy (non-hydrogen) atoms. The maximum Gasteiger partial charge on any atom is 0.246 e. The summed E-state index contributed by atoms with van der Waals surface area (Å²) in [6.07, 6.45) is 4.35.